The van der Waals surface area contributed by atoms with E-state index in [1.165, 1.54) is 19.4 Å². The molecule has 15 heavy (non-hydrogen) atoms. The average Bonchev–Trinajstić information content (AvgIpc) is 2.20. The van der Waals surface area contributed by atoms with Gasteiger partial charge in [-0.05, 0) is 43.7 Å². The van der Waals surface area contributed by atoms with Gasteiger partial charge in [-0.15, -0.1) is 0 Å². The summed E-state index contributed by atoms with van der Waals surface area (Å²) < 4.78 is 0. The Morgan fingerprint density at radius 3 is 2.67 bits per heavy atom. The van der Waals surface area contributed by atoms with E-state index < -0.39 is 0 Å². The van der Waals surface area contributed by atoms with Gasteiger partial charge in [0.25, 0.3) is 0 Å². The van der Waals surface area contributed by atoms with E-state index in [4.69, 9.17) is 0 Å². The third-order valence-corrected chi connectivity index (χ3v) is 3.90. The van der Waals surface area contributed by atoms with Crippen LogP contribution in [-0.2, 0) is 0 Å². The van der Waals surface area contributed by atoms with Crippen LogP contribution in [0.4, 0.5) is 0 Å². The summed E-state index contributed by atoms with van der Waals surface area (Å²) in [4.78, 5) is 0. The van der Waals surface area contributed by atoms with Crippen LogP contribution in [0.2, 0.25) is 0 Å². The first-order valence-corrected chi connectivity index (χ1v) is 6.55. The van der Waals surface area contributed by atoms with Gasteiger partial charge in [0, 0.05) is 12.6 Å². The van der Waals surface area contributed by atoms with E-state index in [2.05, 4.69) is 38.3 Å². The first-order valence-electron chi connectivity index (χ1n) is 6.55. The lowest BCUT2D eigenvalue weighted by atomic mass is 9.92. The Labute approximate surface area is 95.2 Å². The van der Waals surface area contributed by atoms with Crippen molar-refractivity contribution in [3.63, 3.8) is 0 Å². The Balaban J connectivity index is 2.13. The Hall–Kier alpha value is -0.0800. The molecule has 1 fully saturated rings. The molecule has 0 bridgehead atoms. The molecule has 90 valence electrons. The highest BCUT2D eigenvalue weighted by molar-refractivity contribution is 4.80. The second-order valence-corrected chi connectivity index (χ2v) is 5.56. The molecule has 0 saturated carbocycles. The van der Waals surface area contributed by atoms with E-state index in [0.29, 0.717) is 6.04 Å². The molecular weight excluding hydrogens is 184 g/mol. The normalized spacial score (nSPS) is 29.4. The topological polar surface area (TPSA) is 24.1 Å². The number of nitrogens with one attached hydrogen (secondary N) is 2. The summed E-state index contributed by atoms with van der Waals surface area (Å²) in [6.07, 6.45) is 2.74. The van der Waals surface area contributed by atoms with Crippen LogP contribution in [0.1, 0.15) is 40.5 Å². The zero-order chi connectivity index (χ0) is 11.3. The summed E-state index contributed by atoms with van der Waals surface area (Å²) >= 11 is 0. The number of hydrogen-bond donors (Lipinski definition) is 2. The third-order valence-electron chi connectivity index (χ3n) is 3.90. The maximum absolute atomic E-state index is 3.61. The van der Waals surface area contributed by atoms with Gasteiger partial charge >= 0.3 is 0 Å². The fraction of sp³-hybridized carbons (Fsp3) is 1.00. The molecule has 1 saturated heterocycles. The number of hydrogen-bond acceptors (Lipinski definition) is 2. The molecule has 0 amide bonds. The largest absolute Gasteiger partial charge is 0.315 e. The first-order chi connectivity index (χ1) is 7.11. The van der Waals surface area contributed by atoms with Crippen molar-refractivity contribution in [2.45, 2.75) is 46.6 Å². The van der Waals surface area contributed by atoms with Gasteiger partial charge in [0.05, 0.1) is 0 Å². The van der Waals surface area contributed by atoms with Crippen molar-refractivity contribution in [1.82, 2.24) is 10.6 Å². The molecule has 0 radical (unpaired) electrons. The van der Waals surface area contributed by atoms with E-state index in [1.807, 2.05) is 0 Å². The summed E-state index contributed by atoms with van der Waals surface area (Å²) in [5, 5.41) is 7.21. The van der Waals surface area contributed by atoms with E-state index >= 15 is 0 Å². The van der Waals surface area contributed by atoms with Crippen molar-refractivity contribution in [2.75, 3.05) is 19.6 Å². The molecule has 3 atom stereocenters. The van der Waals surface area contributed by atoms with E-state index in [-0.39, 0.29) is 0 Å². The Morgan fingerprint density at radius 1 is 1.33 bits per heavy atom. The zero-order valence-electron chi connectivity index (χ0n) is 10.8. The fourth-order valence-electron chi connectivity index (χ4n) is 2.09. The monoisotopic (exact) mass is 212 g/mol. The van der Waals surface area contributed by atoms with Gasteiger partial charge in [-0.1, -0.05) is 27.7 Å². The average molecular weight is 212 g/mol. The second-order valence-electron chi connectivity index (χ2n) is 5.56. The predicted molar refractivity (Wildman–Crippen MR) is 67.1 cm³/mol. The van der Waals surface area contributed by atoms with Crippen LogP contribution in [0, 0.1) is 17.8 Å². The van der Waals surface area contributed by atoms with Gasteiger partial charge in [0.2, 0.25) is 0 Å². The molecule has 3 unspecified atom stereocenters. The quantitative estimate of drug-likeness (QED) is 0.730. The number of piperidine rings is 1. The minimum Gasteiger partial charge on any atom is -0.315 e. The van der Waals surface area contributed by atoms with Crippen LogP contribution >= 0.6 is 0 Å². The van der Waals surface area contributed by atoms with Crippen LogP contribution in [0.15, 0.2) is 0 Å². The summed E-state index contributed by atoms with van der Waals surface area (Å²) in [5.74, 6) is 2.40. The van der Waals surface area contributed by atoms with Crippen LogP contribution in [0.3, 0.4) is 0 Å². The lowest BCUT2D eigenvalue weighted by Gasteiger charge is -2.31. The van der Waals surface area contributed by atoms with Crippen molar-refractivity contribution in [1.29, 1.82) is 0 Å². The Kier molecular flexibility index (Phi) is 5.62. The maximum Gasteiger partial charge on any atom is 0.0218 e. The molecule has 2 heteroatoms. The minimum atomic E-state index is 0.693. The van der Waals surface area contributed by atoms with E-state index in [0.717, 1.165) is 30.8 Å². The third kappa shape index (κ3) is 4.52. The summed E-state index contributed by atoms with van der Waals surface area (Å²) in [5.41, 5.74) is 0. The van der Waals surface area contributed by atoms with Gasteiger partial charge in [0.15, 0.2) is 0 Å². The van der Waals surface area contributed by atoms with E-state index in [1.54, 1.807) is 0 Å². The maximum atomic E-state index is 3.61. The molecule has 0 aromatic rings. The molecule has 1 aliphatic heterocycles. The predicted octanol–water partition coefficient (Wildman–Crippen LogP) is 2.26. The van der Waals surface area contributed by atoms with Gasteiger partial charge in [0.1, 0.15) is 0 Å². The summed E-state index contributed by atoms with van der Waals surface area (Å²) in [7, 11) is 0. The summed E-state index contributed by atoms with van der Waals surface area (Å²) in [6, 6.07) is 0.693. The lowest BCUT2D eigenvalue weighted by molar-refractivity contribution is 0.281. The molecule has 1 aliphatic rings. The highest BCUT2D eigenvalue weighted by Gasteiger charge is 2.20. The molecule has 0 spiro atoms. The van der Waals surface area contributed by atoms with Gasteiger partial charge in [-0.2, -0.15) is 0 Å². The Bertz CT molecular complexity index is 168. The zero-order valence-corrected chi connectivity index (χ0v) is 10.8. The van der Waals surface area contributed by atoms with Crippen LogP contribution < -0.4 is 10.6 Å². The molecule has 1 heterocycles. The Morgan fingerprint density at radius 2 is 2.07 bits per heavy atom. The molecule has 1 rings (SSSR count). The molecule has 0 aromatic heterocycles. The van der Waals surface area contributed by atoms with E-state index in [9.17, 15) is 0 Å². The van der Waals surface area contributed by atoms with Crippen molar-refractivity contribution in [3.05, 3.63) is 0 Å². The summed E-state index contributed by atoms with van der Waals surface area (Å²) in [6.45, 7) is 12.8. The van der Waals surface area contributed by atoms with Crippen LogP contribution in [0.25, 0.3) is 0 Å². The van der Waals surface area contributed by atoms with Gasteiger partial charge in [-0.25, -0.2) is 0 Å². The number of rotatable bonds is 5. The molecular formula is C13H28N2. The molecule has 2 N–H and O–H groups in total. The standard InChI is InChI=1S/C13H28N2/c1-10(2)12(4)8-14-9-13-11(3)6-5-7-15-13/h10-15H,5-9H2,1-4H3. The second kappa shape index (κ2) is 6.49. The van der Waals surface area contributed by atoms with Crippen molar-refractivity contribution in [2.24, 2.45) is 17.8 Å². The van der Waals surface area contributed by atoms with Crippen molar-refractivity contribution < 1.29 is 0 Å². The smallest absolute Gasteiger partial charge is 0.0218 e. The SMILES string of the molecule is CC(C)C(C)CNCC1NCCCC1C. The van der Waals surface area contributed by atoms with Crippen molar-refractivity contribution >= 4 is 0 Å². The molecule has 2 nitrogen and oxygen atoms in total. The highest BCUT2D eigenvalue weighted by Crippen LogP contribution is 2.15. The van der Waals surface area contributed by atoms with Gasteiger partial charge < -0.3 is 10.6 Å². The first kappa shape index (κ1) is 13.0. The fourth-order valence-corrected chi connectivity index (χ4v) is 2.09. The van der Waals surface area contributed by atoms with Crippen LogP contribution in [0.5, 0.6) is 0 Å². The van der Waals surface area contributed by atoms with Crippen LogP contribution in [-0.4, -0.2) is 25.7 Å². The van der Waals surface area contributed by atoms with Gasteiger partial charge in [-0.3, -0.25) is 0 Å². The lowest BCUT2D eigenvalue weighted by Crippen LogP contribution is -2.47. The highest BCUT2D eigenvalue weighted by atomic mass is 15.0. The minimum absolute atomic E-state index is 0.693. The molecule has 0 aromatic carbocycles. The van der Waals surface area contributed by atoms with Crippen molar-refractivity contribution in [3.8, 4) is 0 Å². The molecule has 0 aliphatic carbocycles.